The standard InChI is InChI=1S/C32H37FN6O4S/c1-19-17-22(43-21-8-4-3-5-9-21)10-11-24(19)39-25-13-15-35-30-26(25)27(37-32(39)42)28(44-30)29(40)36-20-7-6-16-38(18-20)31(41)23(33)12-14-34-2/h3-5,8-12,17,20,25-26,30,34-35H,6-7,13-16,18H2,1-2H3,(H,36,40)(H,37,42)/b23-12-/t20-,25?,26?,30?/m1/s1. The van der Waals surface area contributed by atoms with Gasteiger partial charge >= 0.3 is 6.03 Å². The van der Waals surface area contributed by atoms with Crippen LogP contribution in [0.25, 0.3) is 0 Å². The van der Waals surface area contributed by atoms with Crippen molar-refractivity contribution < 1.29 is 23.5 Å². The summed E-state index contributed by atoms with van der Waals surface area (Å²) in [7, 11) is 1.68. The summed E-state index contributed by atoms with van der Waals surface area (Å²) in [6, 6.07) is 14.6. The Hall–Kier alpha value is -3.87. The fourth-order valence-corrected chi connectivity index (χ4v) is 7.85. The Morgan fingerprint density at radius 2 is 1.98 bits per heavy atom. The lowest BCUT2D eigenvalue weighted by atomic mass is 9.86. The minimum atomic E-state index is -0.799. The first kappa shape index (κ1) is 30.2. The molecule has 0 aliphatic carbocycles. The van der Waals surface area contributed by atoms with Gasteiger partial charge in [0.2, 0.25) is 0 Å². The number of urea groups is 1. The Bertz CT molecular complexity index is 1500. The normalized spacial score (nSPS) is 25.0. The number of amides is 4. The first-order valence-corrected chi connectivity index (χ1v) is 15.9. The number of benzene rings is 2. The van der Waals surface area contributed by atoms with Crippen molar-refractivity contribution in [3.05, 3.63) is 76.6 Å². The third kappa shape index (κ3) is 6.06. The van der Waals surface area contributed by atoms with Gasteiger partial charge in [-0.15, -0.1) is 0 Å². The highest BCUT2D eigenvalue weighted by atomic mass is 32.2. The summed E-state index contributed by atoms with van der Waals surface area (Å²) < 4.78 is 20.3. The number of anilines is 1. The molecule has 2 aromatic rings. The molecule has 4 atom stereocenters. The molecule has 4 aliphatic rings. The molecule has 4 aliphatic heterocycles. The van der Waals surface area contributed by atoms with Crippen LogP contribution in [0.4, 0.5) is 14.9 Å². The maximum absolute atomic E-state index is 14.3. The molecular weight excluding hydrogens is 583 g/mol. The van der Waals surface area contributed by atoms with Gasteiger partial charge in [-0.1, -0.05) is 30.0 Å². The van der Waals surface area contributed by atoms with Gasteiger partial charge in [0.1, 0.15) is 11.5 Å². The Balaban J connectivity index is 1.17. The van der Waals surface area contributed by atoms with Gasteiger partial charge in [0, 0.05) is 43.0 Å². The molecule has 0 radical (unpaired) electrons. The summed E-state index contributed by atoms with van der Waals surface area (Å²) in [4.78, 5) is 43.6. The number of hydrogen-bond donors (Lipinski definition) is 4. The molecule has 4 heterocycles. The molecule has 3 fully saturated rings. The molecule has 3 unspecified atom stereocenters. The van der Waals surface area contributed by atoms with Crippen molar-refractivity contribution in [2.75, 3.05) is 38.1 Å². The van der Waals surface area contributed by atoms with E-state index in [-0.39, 0.29) is 48.4 Å². The number of para-hydroxylation sites is 1. The van der Waals surface area contributed by atoms with Crippen molar-refractivity contribution >= 4 is 35.3 Å². The van der Waals surface area contributed by atoms with Crippen LogP contribution in [0.2, 0.25) is 0 Å². The molecule has 12 heteroatoms. The third-order valence-corrected chi connectivity index (χ3v) is 9.84. The molecule has 44 heavy (non-hydrogen) atoms. The highest BCUT2D eigenvalue weighted by Crippen LogP contribution is 2.48. The SMILES string of the molecule is CNC/C=C(\F)C(=O)N1CCC[C@@H](NC(=O)C2=C3NC(=O)N(c4ccc(Oc5ccccc5)cc4C)C4CCNC(S2)C34)C1. The third-order valence-electron chi connectivity index (χ3n) is 8.49. The summed E-state index contributed by atoms with van der Waals surface area (Å²) in [5.41, 5.74) is 2.36. The van der Waals surface area contributed by atoms with Crippen molar-refractivity contribution in [3.8, 4) is 11.5 Å². The van der Waals surface area contributed by atoms with Crippen LogP contribution in [0.5, 0.6) is 11.5 Å². The van der Waals surface area contributed by atoms with Gasteiger partial charge in [-0.2, -0.15) is 0 Å². The number of hydrogen-bond acceptors (Lipinski definition) is 7. The lowest BCUT2D eigenvalue weighted by Crippen LogP contribution is -2.62. The largest absolute Gasteiger partial charge is 0.457 e. The average molecular weight is 621 g/mol. The zero-order valence-corrected chi connectivity index (χ0v) is 25.6. The number of likely N-dealkylation sites (N-methyl/N-ethyl adjacent to an activating group) is 1. The quantitative estimate of drug-likeness (QED) is 0.333. The maximum Gasteiger partial charge on any atom is 0.326 e. The number of likely N-dealkylation sites (tertiary alicyclic amines) is 1. The van der Waals surface area contributed by atoms with Crippen molar-refractivity contribution in [3.63, 3.8) is 0 Å². The molecule has 3 saturated heterocycles. The maximum atomic E-state index is 14.3. The molecule has 0 aromatic heterocycles. The van der Waals surface area contributed by atoms with Crippen molar-refractivity contribution in [1.29, 1.82) is 0 Å². The van der Waals surface area contributed by atoms with E-state index in [1.807, 2.05) is 60.4 Å². The van der Waals surface area contributed by atoms with E-state index >= 15 is 0 Å². The predicted molar refractivity (Wildman–Crippen MR) is 168 cm³/mol. The van der Waals surface area contributed by atoms with Gasteiger partial charge in [0.25, 0.3) is 11.8 Å². The Labute approximate surface area is 260 Å². The highest BCUT2D eigenvalue weighted by molar-refractivity contribution is 8.04. The van der Waals surface area contributed by atoms with Gasteiger partial charge in [-0.25, -0.2) is 9.18 Å². The van der Waals surface area contributed by atoms with E-state index < -0.39 is 11.7 Å². The average Bonchev–Trinajstić information content (AvgIpc) is 3.40. The first-order chi connectivity index (χ1) is 21.3. The van der Waals surface area contributed by atoms with E-state index in [1.54, 1.807) is 7.05 Å². The molecule has 0 bridgehead atoms. The summed E-state index contributed by atoms with van der Waals surface area (Å²) in [6.45, 7) is 3.61. The first-order valence-electron chi connectivity index (χ1n) is 15.0. The number of carbonyl (C=O) groups is 3. The summed E-state index contributed by atoms with van der Waals surface area (Å²) in [6.07, 6.45) is 3.30. The second-order valence-corrected chi connectivity index (χ2v) is 12.6. The molecule has 10 nitrogen and oxygen atoms in total. The smallest absolute Gasteiger partial charge is 0.326 e. The van der Waals surface area contributed by atoms with Crippen molar-refractivity contribution in [2.45, 2.75) is 43.6 Å². The van der Waals surface area contributed by atoms with Gasteiger partial charge in [-0.3, -0.25) is 14.5 Å². The van der Waals surface area contributed by atoms with Crippen LogP contribution in [0.15, 0.2) is 71.0 Å². The number of thioether (sulfide) groups is 1. The second-order valence-electron chi connectivity index (χ2n) is 11.5. The number of nitrogens with zero attached hydrogens (tertiary/aromatic N) is 2. The van der Waals surface area contributed by atoms with E-state index in [0.717, 1.165) is 23.4 Å². The Kier molecular flexibility index (Phi) is 8.92. The number of rotatable bonds is 8. The van der Waals surface area contributed by atoms with E-state index in [4.69, 9.17) is 4.74 Å². The molecule has 232 valence electrons. The van der Waals surface area contributed by atoms with E-state index in [9.17, 15) is 18.8 Å². The van der Waals surface area contributed by atoms with E-state index in [1.165, 1.54) is 22.7 Å². The van der Waals surface area contributed by atoms with Crippen LogP contribution in [0, 0.1) is 12.8 Å². The van der Waals surface area contributed by atoms with E-state index in [2.05, 4.69) is 21.3 Å². The fourth-order valence-electron chi connectivity index (χ4n) is 6.45. The predicted octanol–water partition coefficient (Wildman–Crippen LogP) is 3.76. The number of nitrogens with one attached hydrogen (secondary N) is 4. The number of ether oxygens (including phenoxy) is 1. The van der Waals surface area contributed by atoms with Gasteiger partial charge in [0.05, 0.1) is 16.3 Å². The Morgan fingerprint density at radius 1 is 1.16 bits per heavy atom. The summed E-state index contributed by atoms with van der Waals surface area (Å²) in [5, 5.41) is 12.4. The lowest BCUT2D eigenvalue weighted by molar-refractivity contribution is -0.130. The summed E-state index contributed by atoms with van der Waals surface area (Å²) in [5.74, 6) is -0.411. The van der Waals surface area contributed by atoms with Gasteiger partial charge < -0.3 is 30.9 Å². The van der Waals surface area contributed by atoms with Crippen LogP contribution in [0.1, 0.15) is 24.8 Å². The minimum Gasteiger partial charge on any atom is -0.457 e. The molecule has 4 amide bonds. The second kappa shape index (κ2) is 13.0. The topological polar surface area (TPSA) is 115 Å². The van der Waals surface area contributed by atoms with E-state index in [0.29, 0.717) is 42.3 Å². The number of piperidine rings is 2. The number of aryl methyl sites for hydroxylation is 1. The van der Waals surface area contributed by atoms with Crippen LogP contribution in [0.3, 0.4) is 0 Å². The minimum absolute atomic E-state index is 0.0653. The van der Waals surface area contributed by atoms with Gasteiger partial charge in [0.15, 0.2) is 5.83 Å². The zero-order chi connectivity index (χ0) is 30.8. The van der Waals surface area contributed by atoms with Crippen LogP contribution in [-0.4, -0.2) is 73.4 Å². The highest BCUT2D eigenvalue weighted by Gasteiger charge is 2.52. The van der Waals surface area contributed by atoms with Crippen LogP contribution >= 0.6 is 11.8 Å². The summed E-state index contributed by atoms with van der Waals surface area (Å²) >= 11 is 1.43. The van der Waals surface area contributed by atoms with Crippen LogP contribution < -0.4 is 30.9 Å². The van der Waals surface area contributed by atoms with Crippen molar-refractivity contribution in [1.82, 2.24) is 26.2 Å². The number of carbonyl (C=O) groups excluding carboxylic acids is 3. The monoisotopic (exact) mass is 620 g/mol. The fraction of sp³-hybridized carbons (Fsp3) is 0.406. The Morgan fingerprint density at radius 3 is 2.75 bits per heavy atom. The molecule has 2 aromatic carbocycles. The van der Waals surface area contributed by atoms with Crippen molar-refractivity contribution in [2.24, 2.45) is 5.92 Å². The lowest BCUT2D eigenvalue weighted by Gasteiger charge is -2.46. The van der Waals surface area contributed by atoms with Gasteiger partial charge in [-0.05, 0) is 81.7 Å². The molecule has 6 rings (SSSR count). The number of halogens is 1. The molecular formula is C32H37FN6O4S. The van der Waals surface area contributed by atoms with Crippen LogP contribution in [-0.2, 0) is 9.59 Å². The molecule has 0 spiro atoms. The molecule has 4 N–H and O–H groups in total. The zero-order valence-electron chi connectivity index (χ0n) is 24.8. The molecule has 0 saturated carbocycles.